The fourth-order valence-electron chi connectivity index (χ4n) is 5.61. The first-order valence-electron chi connectivity index (χ1n) is 14.0. The molecule has 0 bridgehead atoms. The molecule has 0 heterocycles. The van der Waals surface area contributed by atoms with E-state index >= 15 is 0 Å². The Labute approximate surface area is 212 Å². The van der Waals surface area contributed by atoms with Crippen molar-refractivity contribution in [1.29, 1.82) is 0 Å². The second kappa shape index (κ2) is 12.9. The molecule has 0 saturated heterocycles. The van der Waals surface area contributed by atoms with Gasteiger partial charge in [0.2, 0.25) is 0 Å². The van der Waals surface area contributed by atoms with Gasteiger partial charge < -0.3 is 0 Å². The Morgan fingerprint density at radius 3 is 2.20 bits per heavy atom. The highest BCUT2D eigenvalue weighted by Crippen LogP contribution is 2.37. The molecule has 4 rings (SSSR count). The molecule has 0 atom stereocenters. The second-order valence-corrected chi connectivity index (χ2v) is 10.5. The highest BCUT2D eigenvalue weighted by atomic mass is 19.1. The lowest BCUT2D eigenvalue weighted by atomic mass is 9.77. The molecule has 0 nitrogen and oxygen atoms in total. The molecule has 0 amide bonds. The van der Waals surface area contributed by atoms with Gasteiger partial charge in [0.1, 0.15) is 5.82 Å². The second-order valence-electron chi connectivity index (χ2n) is 10.5. The van der Waals surface area contributed by atoms with E-state index in [2.05, 4.69) is 50.0 Å². The minimum absolute atomic E-state index is 0.0616. The van der Waals surface area contributed by atoms with E-state index in [0.29, 0.717) is 11.3 Å². The standard InChI is InChI=1S/C34H41F/c1-3-5-7-8-10-31-22-23-32-25-28(17-24-33(32)34(31)35)12-11-27-15-20-30(21-16-27)29-18-13-26(14-19-29)9-6-4-2/h15-17,20-26,29H,3-10,13-14,18-19H2,1-2H3. The number of fused-ring (bicyclic) bond motifs is 1. The van der Waals surface area contributed by atoms with Crippen molar-refractivity contribution >= 4 is 10.8 Å². The molecule has 184 valence electrons. The summed E-state index contributed by atoms with van der Waals surface area (Å²) in [4.78, 5) is 0. The van der Waals surface area contributed by atoms with Gasteiger partial charge in [0.25, 0.3) is 0 Å². The molecule has 0 unspecified atom stereocenters. The van der Waals surface area contributed by atoms with E-state index in [1.807, 2.05) is 30.3 Å². The summed E-state index contributed by atoms with van der Waals surface area (Å²) < 4.78 is 15.0. The highest BCUT2D eigenvalue weighted by Gasteiger charge is 2.21. The molecule has 3 aromatic rings. The van der Waals surface area contributed by atoms with Gasteiger partial charge in [-0.15, -0.1) is 0 Å². The number of aryl methyl sites for hydroxylation is 1. The number of unbranched alkanes of at least 4 members (excludes halogenated alkanes) is 4. The van der Waals surface area contributed by atoms with Crippen LogP contribution in [0.3, 0.4) is 0 Å². The molecule has 0 aromatic heterocycles. The van der Waals surface area contributed by atoms with Gasteiger partial charge in [-0.2, -0.15) is 0 Å². The van der Waals surface area contributed by atoms with Crippen molar-refractivity contribution in [3.8, 4) is 11.8 Å². The van der Waals surface area contributed by atoms with Crippen LogP contribution in [-0.2, 0) is 6.42 Å². The van der Waals surface area contributed by atoms with Crippen LogP contribution in [0.1, 0.15) is 113 Å². The lowest BCUT2D eigenvalue weighted by Gasteiger charge is -2.28. The van der Waals surface area contributed by atoms with E-state index in [1.54, 1.807) is 0 Å². The van der Waals surface area contributed by atoms with Gasteiger partial charge >= 0.3 is 0 Å². The zero-order valence-corrected chi connectivity index (χ0v) is 21.7. The first-order valence-corrected chi connectivity index (χ1v) is 14.0. The average molecular weight is 469 g/mol. The molecule has 1 aliphatic rings. The van der Waals surface area contributed by atoms with E-state index in [1.165, 1.54) is 69.8 Å². The smallest absolute Gasteiger partial charge is 0.134 e. The van der Waals surface area contributed by atoms with Crippen LogP contribution >= 0.6 is 0 Å². The van der Waals surface area contributed by atoms with Crippen LogP contribution in [-0.4, -0.2) is 0 Å². The average Bonchev–Trinajstić information content (AvgIpc) is 2.90. The Kier molecular flexibility index (Phi) is 9.42. The Morgan fingerprint density at radius 1 is 0.743 bits per heavy atom. The molecular weight excluding hydrogens is 427 g/mol. The summed E-state index contributed by atoms with van der Waals surface area (Å²) in [5.41, 5.74) is 4.28. The quantitative estimate of drug-likeness (QED) is 0.216. The van der Waals surface area contributed by atoms with Gasteiger partial charge in [0.05, 0.1) is 0 Å². The summed E-state index contributed by atoms with van der Waals surface area (Å²) in [6, 6.07) is 18.7. The third-order valence-electron chi connectivity index (χ3n) is 7.88. The van der Waals surface area contributed by atoms with Gasteiger partial charge in [0.15, 0.2) is 0 Å². The summed E-state index contributed by atoms with van der Waals surface area (Å²) in [5.74, 6) is 8.19. The molecule has 1 fully saturated rings. The maximum atomic E-state index is 15.0. The largest absolute Gasteiger partial charge is 0.206 e. The van der Waals surface area contributed by atoms with Gasteiger partial charge in [-0.1, -0.05) is 94.5 Å². The Hall–Kier alpha value is -2.59. The molecule has 35 heavy (non-hydrogen) atoms. The van der Waals surface area contributed by atoms with Gasteiger partial charge in [-0.05, 0) is 91.1 Å². The van der Waals surface area contributed by atoms with E-state index in [4.69, 9.17) is 0 Å². The van der Waals surface area contributed by atoms with Crippen molar-refractivity contribution in [3.05, 3.63) is 82.7 Å². The van der Waals surface area contributed by atoms with Gasteiger partial charge in [-0.3, -0.25) is 0 Å². The summed E-state index contributed by atoms with van der Waals surface area (Å²) >= 11 is 0. The molecule has 0 aliphatic heterocycles. The van der Waals surface area contributed by atoms with E-state index in [0.717, 1.165) is 40.8 Å². The normalized spacial score (nSPS) is 17.8. The van der Waals surface area contributed by atoms with E-state index in [9.17, 15) is 4.39 Å². The molecule has 1 saturated carbocycles. The summed E-state index contributed by atoms with van der Waals surface area (Å²) in [7, 11) is 0. The van der Waals surface area contributed by atoms with Crippen molar-refractivity contribution in [2.45, 2.75) is 96.8 Å². The van der Waals surface area contributed by atoms with Crippen molar-refractivity contribution in [2.24, 2.45) is 5.92 Å². The van der Waals surface area contributed by atoms with Crippen molar-refractivity contribution < 1.29 is 4.39 Å². The van der Waals surface area contributed by atoms with Crippen LogP contribution in [0.25, 0.3) is 10.8 Å². The van der Waals surface area contributed by atoms with Crippen molar-refractivity contribution in [3.63, 3.8) is 0 Å². The molecular formula is C34H41F. The minimum atomic E-state index is -0.0616. The van der Waals surface area contributed by atoms with Gasteiger partial charge in [0, 0.05) is 16.5 Å². The maximum Gasteiger partial charge on any atom is 0.134 e. The molecule has 0 radical (unpaired) electrons. The predicted molar refractivity (Wildman–Crippen MR) is 148 cm³/mol. The topological polar surface area (TPSA) is 0 Å². The number of hydrogen-bond acceptors (Lipinski definition) is 0. The Balaban J connectivity index is 1.38. The number of benzene rings is 3. The molecule has 3 aromatic carbocycles. The lowest BCUT2D eigenvalue weighted by molar-refractivity contribution is 0.304. The van der Waals surface area contributed by atoms with Crippen LogP contribution < -0.4 is 0 Å². The first kappa shape index (κ1) is 25.5. The SMILES string of the molecule is CCCCCCc1ccc2cc(C#Cc3ccc(C4CCC(CCCC)CC4)cc3)ccc2c1F. The summed E-state index contributed by atoms with van der Waals surface area (Å²) in [5, 5.41) is 1.63. The van der Waals surface area contributed by atoms with Crippen LogP contribution in [0, 0.1) is 23.6 Å². The van der Waals surface area contributed by atoms with Gasteiger partial charge in [-0.25, -0.2) is 4.39 Å². The van der Waals surface area contributed by atoms with Crippen molar-refractivity contribution in [1.82, 2.24) is 0 Å². The molecule has 0 N–H and O–H groups in total. The summed E-state index contributed by atoms with van der Waals surface area (Å²) in [6.07, 6.45) is 15.0. The molecule has 1 aliphatic carbocycles. The molecule has 0 spiro atoms. The number of rotatable bonds is 9. The number of hydrogen-bond donors (Lipinski definition) is 0. The van der Waals surface area contributed by atoms with Crippen LogP contribution in [0.5, 0.6) is 0 Å². The van der Waals surface area contributed by atoms with Crippen LogP contribution in [0.2, 0.25) is 0 Å². The first-order chi connectivity index (χ1) is 17.2. The summed E-state index contributed by atoms with van der Waals surface area (Å²) in [6.45, 7) is 4.49. The van der Waals surface area contributed by atoms with E-state index < -0.39 is 0 Å². The molecule has 1 heteroatoms. The highest BCUT2D eigenvalue weighted by molar-refractivity contribution is 5.85. The van der Waals surface area contributed by atoms with E-state index in [-0.39, 0.29) is 5.82 Å². The van der Waals surface area contributed by atoms with Crippen molar-refractivity contribution in [2.75, 3.05) is 0 Å². The third kappa shape index (κ3) is 6.98. The zero-order chi connectivity index (χ0) is 24.5. The zero-order valence-electron chi connectivity index (χ0n) is 21.7. The monoisotopic (exact) mass is 468 g/mol. The van der Waals surface area contributed by atoms with Crippen LogP contribution in [0.4, 0.5) is 4.39 Å². The Bertz CT molecular complexity index is 1140. The Morgan fingerprint density at radius 2 is 1.46 bits per heavy atom. The minimum Gasteiger partial charge on any atom is -0.206 e. The van der Waals surface area contributed by atoms with Crippen LogP contribution in [0.15, 0.2) is 54.6 Å². The number of halogens is 1. The lowest BCUT2D eigenvalue weighted by Crippen LogP contribution is -2.13. The maximum absolute atomic E-state index is 15.0. The third-order valence-corrected chi connectivity index (χ3v) is 7.88. The fraction of sp³-hybridized carbons (Fsp3) is 0.471. The predicted octanol–water partition coefficient (Wildman–Crippen LogP) is 9.97. The fourth-order valence-corrected chi connectivity index (χ4v) is 5.61.